The summed E-state index contributed by atoms with van der Waals surface area (Å²) in [7, 11) is 1.86. The van der Waals surface area contributed by atoms with Gasteiger partial charge in [0.15, 0.2) is 5.82 Å². The van der Waals surface area contributed by atoms with Crippen molar-refractivity contribution in [2.45, 2.75) is 13.8 Å². The maximum atomic E-state index is 5.94. The first-order chi connectivity index (χ1) is 8.52. The predicted octanol–water partition coefficient (Wildman–Crippen LogP) is 4.22. The summed E-state index contributed by atoms with van der Waals surface area (Å²) in [6.45, 7) is 3.98. The van der Waals surface area contributed by atoms with E-state index in [0.29, 0.717) is 10.8 Å². The fourth-order valence-electron chi connectivity index (χ4n) is 1.66. The van der Waals surface area contributed by atoms with Crippen molar-refractivity contribution >= 4 is 33.3 Å². The number of nitrogens with zero attached hydrogens (tertiary/aromatic N) is 2. The molecule has 1 aromatic carbocycles. The van der Waals surface area contributed by atoms with Crippen molar-refractivity contribution in [2.24, 2.45) is 0 Å². The molecule has 2 aromatic rings. The minimum absolute atomic E-state index is 0.684. The maximum Gasteiger partial charge on any atom is 0.162 e. The summed E-state index contributed by atoms with van der Waals surface area (Å²) in [5.41, 5.74) is 2.96. The molecule has 3 nitrogen and oxygen atoms in total. The van der Waals surface area contributed by atoms with Crippen LogP contribution in [0.2, 0.25) is 5.02 Å². The van der Waals surface area contributed by atoms with Gasteiger partial charge in [0.1, 0.15) is 5.82 Å². The Kier molecular flexibility index (Phi) is 3.88. The fourth-order valence-corrected chi connectivity index (χ4v) is 2.52. The molecule has 1 heterocycles. The first-order valence-electron chi connectivity index (χ1n) is 5.51. The Morgan fingerprint density at radius 3 is 2.56 bits per heavy atom. The van der Waals surface area contributed by atoms with Crippen LogP contribution in [0.1, 0.15) is 11.3 Å². The van der Waals surface area contributed by atoms with E-state index in [1.54, 1.807) is 0 Å². The molecule has 0 amide bonds. The van der Waals surface area contributed by atoms with Crippen LogP contribution in [0.3, 0.4) is 0 Å². The summed E-state index contributed by atoms with van der Waals surface area (Å²) in [4.78, 5) is 9.03. The molecule has 18 heavy (non-hydrogen) atoms. The van der Waals surface area contributed by atoms with Crippen LogP contribution in [-0.4, -0.2) is 17.0 Å². The zero-order valence-electron chi connectivity index (χ0n) is 10.4. The van der Waals surface area contributed by atoms with Gasteiger partial charge in [0.05, 0.1) is 0 Å². The molecular weight excluding hydrogens is 314 g/mol. The van der Waals surface area contributed by atoms with Gasteiger partial charge in [0.25, 0.3) is 0 Å². The Labute approximate surface area is 120 Å². The quantitative estimate of drug-likeness (QED) is 0.898. The van der Waals surface area contributed by atoms with E-state index in [1.807, 2.05) is 39.1 Å². The van der Waals surface area contributed by atoms with Crippen LogP contribution in [0.25, 0.3) is 11.4 Å². The zero-order valence-corrected chi connectivity index (χ0v) is 12.7. The highest BCUT2D eigenvalue weighted by atomic mass is 79.9. The molecule has 0 unspecified atom stereocenters. The van der Waals surface area contributed by atoms with Gasteiger partial charge in [-0.3, -0.25) is 0 Å². The van der Waals surface area contributed by atoms with Crippen molar-refractivity contribution in [3.05, 3.63) is 39.0 Å². The summed E-state index contributed by atoms with van der Waals surface area (Å²) in [6, 6.07) is 5.59. The largest absolute Gasteiger partial charge is 0.373 e. The molecule has 5 heteroatoms. The van der Waals surface area contributed by atoms with Gasteiger partial charge in [0.2, 0.25) is 0 Å². The molecule has 0 spiro atoms. The van der Waals surface area contributed by atoms with E-state index < -0.39 is 0 Å². The molecule has 94 valence electrons. The summed E-state index contributed by atoms with van der Waals surface area (Å²) in [5, 5.41) is 3.77. The number of benzene rings is 1. The highest BCUT2D eigenvalue weighted by Crippen LogP contribution is 2.30. The van der Waals surface area contributed by atoms with E-state index in [1.165, 1.54) is 0 Å². The van der Waals surface area contributed by atoms with Gasteiger partial charge in [-0.05, 0) is 48.0 Å². The number of hydrogen-bond acceptors (Lipinski definition) is 3. The summed E-state index contributed by atoms with van der Waals surface area (Å²) >= 11 is 9.42. The molecule has 0 aliphatic rings. The summed E-state index contributed by atoms with van der Waals surface area (Å²) < 4.78 is 0.889. The van der Waals surface area contributed by atoms with Crippen LogP contribution >= 0.6 is 27.5 Å². The second-order valence-electron chi connectivity index (χ2n) is 3.98. The highest BCUT2D eigenvalue weighted by molar-refractivity contribution is 9.10. The number of anilines is 1. The molecule has 1 N–H and O–H groups in total. The average molecular weight is 327 g/mol. The third-order valence-corrected chi connectivity index (χ3v) is 3.69. The van der Waals surface area contributed by atoms with Gasteiger partial charge < -0.3 is 5.32 Å². The van der Waals surface area contributed by atoms with Crippen LogP contribution in [0, 0.1) is 13.8 Å². The van der Waals surface area contributed by atoms with E-state index in [-0.39, 0.29) is 0 Å². The zero-order chi connectivity index (χ0) is 13.3. The molecule has 0 atom stereocenters. The summed E-state index contributed by atoms with van der Waals surface area (Å²) in [5.74, 6) is 1.53. The Morgan fingerprint density at radius 1 is 1.22 bits per heavy atom. The predicted molar refractivity (Wildman–Crippen MR) is 79.2 cm³/mol. The maximum absolute atomic E-state index is 5.94. The van der Waals surface area contributed by atoms with Gasteiger partial charge in [-0.2, -0.15) is 0 Å². The highest BCUT2D eigenvalue weighted by Gasteiger charge is 2.11. The van der Waals surface area contributed by atoms with Crippen LogP contribution in [0.4, 0.5) is 5.82 Å². The van der Waals surface area contributed by atoms with Gasteiger partial charge in [-0.15, -0.1) is 0 Å². The fraction of sp³-hybridized carbons (Fsp3) is 0.231. The number of aryl methyl sites for hydroxylation is 1. The van der Waals surface area contributed by atoms with Crippen molar-refractivity contribution in [1.82, 2.24) is 9.97 Å². The van der Waals surface area contributed by atoms with Crippen LogP contribution in [0.15, 0.2) is 22.7 Å². The smallest absolute Gasteiger partial charge is 0.162 e. The minimum atomic E-state index is 0.684. The van der Waals surface area contributed by atoms with Crippen molar-refractivity contribution in [3.8, 4) is 11.4 Å². The first kappa shape index (κ1) is 13.3. The van der Waals surface area contributed by atoms with Crippen LogP contribution < -0.4 is 5.32 Å². The van der Waals surface area contributed by atoms with Crippen LogP contribution in [-0.2, 0) is 0 Å². The molecule has 2 rings (SSSR count). The Hall–Kier alpha value is -1.13. The molecule has 0 aliphatic carbocycles. The number of rotatable bonds is 2. The van der Waals surface area contributed by atoms with Crippen molar-refractivity contribution in [2.75, 3.05) is 12.4 Å². The lowest BCUT2D eigenvalue weighted by Crippen LogP contribution is -2.02. The summed E-state index contributed by atoms with van der Waals surface area (Å²) in [6.07, 6.45) is 0. The molecule has 0 aliphatic heterocycles. The number of halogens is 2. The Bertz CT molecular complexity index is 599. The van der Waals surface area contributed by atoms with E-state index in [0.717, 1.165) is 27.1 Å². The molecule has 0 fully saturated rings. The number of aromatic nitrogens is 2. The Balaban J connectivity index is 2.60. The molecule has 0 saturated carbocycles. The van der Waals surface area contributed by atoms with Gasteiger partial charge >= 0.3 is 0 Å². The average Bonchev–Trinajstić information content (AvgIpc) is 2.32. The lowest BCUT2D eigenvalue weighted by atomic mass is 10.2. The van der Waals surface area contributed by atoms with E-state index in [4.69, 9.17) is 11.6 Å². The van der Waals surface area contributed by atoms with Gasteiger partial charge in [-0.1, -0.05) is 11.6 Å². The number of hydrogen-bond donors (Lipinski definition) is 1. The Morgan fingerprint density at radius 2 is 1.94 bits per heavy atom. The van der Waals surface area contributed by atoms with Crippen LogP contribution in [0.5, 0.6) is 0 Å². The van der Waals surface area contributed by atoms with Gasteiger partial charge in [0, 0.05) is 33.4 Å². The third kappa shape index (κ3) is 2.49. The molecule has 0 bridgehead atoms. The first-order valence-corrected chi connectivity index (χ1v) is 6.68. The van der Waals surface area contributed by atoms with Crippen molar-refractivity contribution in [3.63, 3.8) is 0 Å². The molecule has 0 saturated heterocycles. The molecule has 0 radical (unpaired) electrons. The minimum Gasteiger partial charge on any atom is -0.373 e. The van der Waals surface area contributed by atoms with Crippen molar-refractivity contribution in [1.29, 1.82) is 0 Å². The number of nitrogens with one attached hydrogen (secondary N) is 1. The lowest BCUT2D eigenvalue weighted by molar-refractivity contribution is 1.07. The van der Waals surface area contributed by atoms with E-state index >= 15 is 0 Å². The third-order valence-electron chi connectivity index (χ3n) is 2.80. The lowest BCUT2D eigenvalue weighted by Gasteiger charge is -2.10. The monoisotopic (exact) mass is 325 g/mol. The SMILES string of the molecule is CNc1nc(-c2ccc(Cl)cc2Br)nc(C)c1C. The molecule has 1 aromatic heterocycles. The second kappa shape index (κ2) is 5.24. The standard InChI is InChI=1S/C13H13BrClN3/c1-7-8(2)17-13(18-12(7)16-3)10-5-4-9(15)6-11(10)14/h4-6H,1-3H3,(H,16,17,18). The molecular formula is C13H13BrClN3. The second-order valence-corrected chi connectivity index (χ2v) is 5.27. The topological polar surface area (TPSA) is 37.8 Å². The van der Waals surface area contributed by atoms with Gasteiger partial charge in [-0.25, -0.2) is 9.97 Å². The van der Waals surface area contributed by atoms with Crippen molar-refractivity contribution < 1.29 is 0 Å². The normalized spacial score (nSPS) is 10.5. The van der Waals surface area contributed by atoms with E-state index in [9.17, 15) is 0 Å². The van der Waals surface area contributed by atoms with E-state index in [2.05, 4.69) is 31.2 Å².